The van der Waals surface area contributed by atoms with Crippen LogP contribution in [0.1, 0.15) is 32.7 Å². The summed E-state index contributed by atoms with van der Waals surface area (Å²) in [7, 11) is 0. The molecule has 0 atom stereocenters. The number of hydrogen-bond acceptors (Lipinski definition) is 5. The van der Waals surface area contributed by atoms with Crippen LogP contribution in [0.3, 0.4) is 0 Å². The van der Waals surface area contributed by atoms with Crippen molar-refractivity contribution in [1.29, 1.82) is 0 Å². The van der Waals surface area contributed by atoms with E-state index in [4.69, 9.17) is 4.42 Å². The Kier molecular flexibility index (Phi) is 5.06. The molecular weight excluding hydrogens is 338 g/mol. The van der Waals surface area contributed by atoms with Gasteiger partial charge in [-0.05, 0) is 48.2 Å². The predicted molar refractivity (Wildman–Crippen MR) is 97.1 cm³/mol. The molecule has 1 aromatic carbocycles. The van der Waals surface area contributed by atoms with Crippen molar-refractivity contribution >= 4 is 34.6 Å². The number of benzene rings is 1. The van der Waals surface area contributed by atoms with E-state index < -0.39 is 0 Å². The Morgan fingerprint density at radius 2 is 1.84 bits per heavy atom. The number of hydrogen-bond donors (Lipinski definition) is 2. The van der Waals surface area contributed by atoms with Crippen LogP contribution in [-0.4, -0.2) is 17.5 Å². The van der Waals surface area contributed by atoms with E-state index in [0.717, 1.165) is 5.56 Å². The molecule has 6 nitrogen and oxygen atoms in total. The van der Waals surface area contributed by atoms with Gasteiger partial charge in [-0.2, -0.15) is 5.10 Å². The van der Waals surface area contributed by atoms with E-state index in [0.29, 0.717) is 16.3 Å². The number of hydrazone groups is 1. The van der Waals surface area contributed by atoms with E-state index >= 15 is 0 Å². The zero-order valence-electron chi connectivity index (χ0n) is 13.4. The number of carbonyl (C=O) groups is 2. The summed E-state index contributed by atoms with van der Waals surface area (Å²) < 4.78 is 5.04. The maximum atomic E-state index is 11.9. The van der Waals surface area contributed by atoms with Crippen LogP contribution in [0.5, 0.6) is 0 Å². The molecule has 2 amide bonds. The maximum absolute atomic E-state index is 11.9. The highest BCUT2D eigenvalue weighted by Gasteiger charge is 2.09. The molecule has 0 aliphatic heterocycles. The van der Waals surface area contributed by atoms with E-state index in [9.17, 15) is 9.59 Å². The Balaban J connectivity index is 1.62. The summed E-state index contributed by atoms with van der Waals surface area (Å²) in [4.78, 5) is 24.4. The summed E-state index contributed by atoms with van der Waals surface area (Å²) in [6, 6.07) is 13.9. The van der Waals surface area contributed by atoms with Crippen molar-refractivity contribution in [2.75, 3.05) is 5.32 Å². The fourth-order valence-electron chi connectivity index (χ4n) is 2.06. The largest absolute Gasteiger partial charge is 0.459 e. The summed E-state index contributed by atoms with van der Waals surface area (Å²) in [5.41, 5.74) is 4.66. The summed E-state index contributed by atoms with van der Waals surface area (Å²) in [6.07, 6.45) is 1.45. The van der Waals surface area contributed by atoms with Gasteiger partial charge in [-0.25, -0.2) is 5.43 Å². The zero-order valence-corrected chi connectivity index (χ0v) is 14.2. The van der Waals surface area contributed by atoms with Gasteiger partial charge in [0, 0.05) is 5.69 Å². The Hall–Kier alpha value is -3.19. The molecule has 0 saturated carbocycles. The van der Waals surface area contributed by atoms with Crippen molar-refractivity contribution in [2.24, 2.45) is 5.10 Å². The molecule has 3 aromatic rings. The summed E-state index contributed by atoms with van der Waals surface area (Å²) in [6.45, 7) is 1.80. The van der Waals surface area contributed by atoms with Gasteiger partial charge in [0.25, 0.3) is 11.8 Å². The fraction of sp³-hybridized carbons (Fsp3) is 0.0556. The number of nitrogens with one attached hydrogen (secondary N) is 2. The molecule has 0 bridgehead atoms. The standard InChI is InChI=1S/C18H15N3O3S/c1-12(20-21-18(23)16-5-3-11-25-16)13-6-8-14(9-7-13)19-17(22)15-4-2-10-24-15/h2-11H,1H3,(H,19,22)(H,21,23)/b20-12-. The van der Waals surface area contributed by atoms with Crippen molar-refractivity contribution in [3.8, 4) is 0 Å². The lowest BCUT2D eigenvalue weighted by molar-refractivity contribution is 0.0957. The van der Waals surface area contributed by atoms with Crippen LogP contribution in [0.2, 0.25) is 0 Å². The first-order chi connectivity index (χ1) is 12.1. The topological polar surface area (TPSA) is 83.7 Å². The molecule has 0 saturated heterocycles. The first-order valence-electron chi connectivity index (χ1n) is 7.47. The summed E-state index contributed by atoms with van der Waals surface area (Å²) in [5.74, 6) is -0.304. The third-order valence-electron chi connectivity index (χ3n) is 3.38. The number of carbonyl (C=O) groups excluding carboxylic acids is 2. The average Bonchev–Trinajstić information content (AvgIpc) is 3.33. The van der Waals surface area contributed by atoms with Crippen molar-refractivity contribution in [3.63, 3.8) is 0 Å². The van der Waals surface area contributed by atoms with Crippen LogP contribution >= 0.6 is 11.3 Å². The molecule has 2 N–H and O–H groups in total. The van der Waals surface area contributed by atoms with Gasteiger partial charge in [-0.1, -0.05) is 18.2 Å². The molecule has 0 aliphatic carbocycles. The van der Waals surface area contributed by atoms with Crippen molar-refractivity contribution in [1.82, 2.24) is 5.43 Å². The molecule has 25 heavy (non-hydrogen) atoms. The lowest BCUT2D eigenvalue weighted by atomic mass is 10.1. The van der Waals surface area contributed by atoms with E-state index in [1.54, 1.807) is 37.3 Å². The lowest BCUT2D eigenvalue weighted by Crippen LogP contribution is -2.18. The van der Waals surface area contributed by atoms with Crippen LogP contribution in [0.25, 0.3) is 0 Å². The second-order valence-electron chi connectivity index (χ2n) is 5.12. The van der Waals surface area contributed by atoms with Crippen LogP contribution in [0, 0.1) is 0 Å². The third kappa shape index (κ3) is 4.21. The molecule has 0 radical (unpaired) electrons. The first-order valence-corrected chi connectivity index (χ1v) is 8.35. The second kappa shape index (κ2) is 7.59. The smallest absolute Gasteiger partial charge is 0.291 e. The maximum Gasteiger partial charge on any atom is 0.291 e. The van der Waals surface area contributed by atoms with Gasteiger partial charge in [0.2, 0.25) is 0 Å². The molecule has 126 valence electrons. The van der Waals surface area contributed by atoms with Crippen molar-refractivity contribution in [3.05, 3.63) is 76.4 Å². The van der Waals surface area contributed by atoms with Gasteiger partial charge in [-0.3, -0.25) is 9.59 Å². The minimum Gasteiger partial charge on any atom is -0.459 e. The van der Waals surface area contributed by atoms with Gasteiger partial charge in [0.05, 0.1) is 16.9 Å². The van der Waals surface area contributed by atoms with E-state index in [2.05, 4.69) is 15.8 Å². The molecule has 2 aromatic heterocycles. The van der Waals surface area contributed by atoms with Gasteiger partial charge < -0.3 is 9.73 Å². The molecular formula is C18H15N3O3S. The molecule has 0 fully saturated rings. The van der Waals surface area contributed by atoms with Crippen LogP contribution in [0.15, 0.2) is 69.7 Å². The summed E-state index contributed by atoms with van der Waals surface area (Å²) >= 11 is 1.36. The van der Waals surface area contributed by atoms with Crippen LogP contribution < -0.4 is 10.7 Å². The molecule has 3 rings (SSSR count). The van der Waals surface area contributed by atoms with Gasteiger partial charge in [0.1, 0.15) is 0 Å². The van der Waals surface area contributed by atoms with Crippen molar-refractivity contribution < 1.29 is 14.0 Å². The molecule has 0 aliphatic rings. The Bertz CT molecular complexity index is 882. The second-order valence-corrected chi connectivity index (χ2v) is 6.07. The summed E-state index contributed by atoms with van der Waals surface area (Å²) in [5, 5.41) is 8.68. The van der Waals surface area contributed by atoms with E-state index in [1.165, 1.54) is 17.6 Å². The van der Waals surface area contributed by atoms with Crippen LogP contribution in [-0.2, 0) is 0 Å². The molecule has 0 unspecified atom stereocenters. The first kappa shape index (κ1) is 16.7. The third-order valence-corrected chi connectivity index (χ3v) is 4.24. The van der Waals surface area contributed by atoms with Crippen LogP contribution in [0.4, 0.5) is 5.69 Å². The number of furan rings is 1. The molecule has 7 heteroatoms. The normalized spacial score (nSPS) is 11.2. The minimum atomic E-state index is -0.314. The number of thiophene rings is 1. The Morgan fingerprint density at radius 3 is 2.48 bits per heavy atom. The van der Waals surface area contributed by atoms with E-state index in [1.807, 2.05) is 23.6 Å². The predicted octanol–water partition coefficient (Wildman–Crippen LogP) is 3.75. The highest BCUT2D eigenvalue weighted by atomic mass is 32.1. The number of anilines is 1. The SMILES string of the molecule is C/C(=N/NC(=O)c1cccs1)c1ccc(NC(=O)c2ccco2)cc1. The number of nitrogens with zero attached hydrogens (tertiary/aromatic N) is 1. The lowest BCUT2D eigenvalue weighted by Gasteiger charge is -2.05. The Labute approximate surface area is 148 Å². The Morgan fingerprint density at radius 1 is 1.04 bits per heavy atom. The van der Waals surface area contributed by atoms with Gasteiger partial charge >= 0.3 is 0 Å². The minimum absolute atomic E-state index is 0.239. The van der Waals surface area contributed by atoms with Gasteiger partial charge in [-0.15, -0.1) is 11.3 Å². The van der Waals surface area contributed by atoms with Gasteiger partial charge in [0.15, 0.2) is 5.76 Å². The highest BCUT2D eigenvalue weighted by molar-refractivity contribution is 7.12. The highest BCUT2D eigenvalue weighted by Crippen LogP contribution is 2.13. The quantitative estimate of drug-likeness (QED) is 0.541. The fourth-order valence-corrected chi connectivity index (χ4v) is 2.67. The number of rotatable bonds is 5. The van der Waals surface area contributed by atoms with E-state index in [-0.39, 0.29) is 17.6 Å². The average molecular weight is 353 g/mol. The zero-order chi connectivity index (χ0) is 17.6. The molecule has 2 heterocycles. The number of amides is 2. The van der Waals surface area contributed by atoms with Crippen molar-refractivity contribution in [2.45, 2.75) is 6.92 Å². The molecule has 0 spiro atoms. The monoisotopic (exact) mass is 353 g/mol.